The van der Waals surface area contributed by atoms with Crippen molar-refractivity contribution >= 4 is 28.5 Å². The Labute approximate surface area is 140 Å². The van der Waals surface area contributed by atoms with E-state index in [-0.39, 0.29) is 0 Å². The topological polar surface area (TPSA) is 75.6 Å². The highest BCUT2D eigenvalue weighted by Gasteiger charge is 2.30. The van der Waals surface area contributed by atoms with Crippen molar-refractivity contribution < 1.29 is 13.2 Å². The van der Waals surface area contributed by atoms with Gasteiger partial charge in [0.15, 0.2) is 5.82 Å². The molecule has 0 saturated heterocycles. The van der Waals surface area contributed by atoms with Crippen LogP contribution in [0.1, 0.15) is 18.4 Å². The molecule has 128 valence electrons. The number of hydrogen-bond donors (Lipinski definition) is 2. The molecule has 0 bridgehead atoms. The van der Waals surface area contributed by atoms with Crippen LogP contribution in [-0.2, 0) is 6.18 Å². The number of rotatable bonds is 4. The Kier molecular flexibility index (Phi) is 3.63. The maximum atomic E-state index is 12.6. The molecule has 0 spiro atoms. The molecule has 2 N–H and O–H groups in total. The molecule has 2 aromatic heterocycles. The van der Waals surface area contributed by atoms with Gasteiger partial charge < -0.3 is 10.6 Å². The number of nitrogens with one attached hydrogen (secondary N) is 2. The first kappa shape index (κ1) is 15.6. The minimum Gasteiger partial charge on any atom is -0.351 e. The molecule has 1 saturated carbocycles. The van der Waals surface area contributed by atoms with Crippen LogP contribution in [-0.4, -0.2) is 26.0 Å². The van der Waals surface area contributed by atoms with Crippen LogP contribution in [0.25, 0.3) is 11.0 Å². The Morgan fingerprint density at radius 2 is 1.76 bits per heavy atom. The predicted molar refractivity (Wildman–Crippen MR) is 86.5 cm³/mol. The van der Waals surface area contributed by atoms with Gasteiger partial charge in [0.1, 0.15) is 17.4 Å². The second kappa shape index (κ2) is 5.83. The summed E-state index contributed by atoms with van der Waals surface area (Å²) in [6, 6.07) is 5.12. The van der Waals surface area contributed by atoms with E-state index in [0.29, 0.717) is 34.5 Å². The highest BCUT2D eigenvalue weighted by molar-refractivity contribution is 5.87. The molecular formula is C16H13F3N6. The standard InChI is InChI=1S/C16H13F3N6/c17-16(18,19)9-1-3-10(4-2-9)23-14-13-12(21-8-22-14)7-20-15(25-13)24-11-5-6-11/h1-4,7-8,11H,5-6H2,(H,20,24,25)(H,21,22,23). The van der Waals surface area contributed by atoms with E-state index in [1.54, 1.807) is 6.20 Å². The van der Waals surface area contributed by atoms with Gasteiger partial charge in [-0.25, -0.2) is 19.9 Å². The minimum atomic E-state index is -4.36. The molecule has 1 aromatic carbocycles. The Hall–Kier alpha value is -2.97. The maximum Gasteiger partial charge on any atom is 0.416 e. The van der Waals surface area contributed by atoms with E-state index in [0.717, 1.165) is 25.0 Å². The number of benzene rings is 1. The minimum absolute atomic E-state index is 0.397. The summed E-state index contributed by atoms with van der Waals surface area (Å²) in [7, 11) is 0. The highest BCUT2D eigenvalue weighted by atomic mass is 19.4. The van der Waals surface area contributed by atoms with Crippen LogP contribution < -0.4 is 10.6 Å². The fourth-order valence-electron chi connectivity index (χ4n) is 2.30. The third kappa shape index (κ3) is 3.44. The van der Waals surface area contributed by atoms with Crippen molar-refractivity contribution in [3.8, 4) is 0 Å². The largest absolute Gasteiger partial charge is 0.416 e. The summed E-state index contributed by atoms with van der Waals surface area (Å²) in [5, 5.41) is 6.18. The van der Waals surface area contributed by atoms with Gasteiger partial charge in [0.2, 0.25) is 5.95 Å². The molecular weight excluding hydrogens is 333 g/mol. The van der Waals surface area contributed by atoms with Crippen LogP contribution in [0, 0.1) is 0 Å². The van der Waals surface area contributed by atoms with Gasteiger partial charge >= 0.3 is 6.18 Å². The van der Waals surface area contributed by atoms with Crippen molar-refractivity contribution in [2.75, 3.05) is 10.6 Å². The molecule has 6 nitrogen and oxygen atoms in total. The predicted octanol–water partition coefficient (Wildman–Crippen LogP) is 3.76. The molecule has 2 heterocycles. The summed E-state index contributed by atoms with van der Waals surface area (Å²) in [6.07, 6.45) is 0.752. The first-order valence-corrected chi connectivity index (χ1v) is 7.67. The van der Waals surface area contributed by atoms with Gasteiger partial charge in [0.05, 0.1) is 11.8 Å². The number of nitrogens with zero attached hydrogens (tertiary/aromatic N) is 4. The molecule has 4 rings (SSSR count). The molecule has 25 heavy (non-hydrogen) atoms. The molecule has 0 atom stereocenters. The summed E-state index contributed by atoms with van der Waals surface area (Å²) < 4.78 is 37.9. The van der Waals surface area contributed by atoms with E-state index in [1.807, 2.05) is 0 Å². The van der Waals surface area contributed by atoms with Gasteiger partial charge in [0, 0.05) is 11.7 Å². The zero-order valence-corrected chi connectivity index (χ0v) is 12.9. The number of anilines is 3. The monoisotopic (exact) mass is 346 g/mol. The third-order valence-electron chi connectivity index (χ3n) is 3.76. The second-order valence-electron chi connectivity index (χ2n) is 5.77. The van der Waals surface area contributed by atoms with Crippen LogP contribution in [0.15, 0.2) is 36.8 Å². The van der Waals surface area contributed by atoms with Crippen LogP contribution in [0.2, 0.25) is 0 Å². The van der Waals surface area contributed by atoms with E-state index in [9.17, 15) is 13.2 Å². The summed E-state index contributed by atoms with van der Waals surface area (Å²) in [6.45, 7) is 0. The van der Waals surface area contributed by atoms with Gasteiger partial charge in [-0.3, -0.25) is 0 Å². The Morgan fingerprint density at radius 3 is 2.44 bits per heavy atom. The van der Waals surface area contributed by atoms with E-state index >= 15 is 0 Å². The first-order chi connectivity index (χ1) is 12.0. The molecule has 1 aliphatic rings. The lowest BCUT2D eigenvalue weighted by Crippen LogP contribution is -2.07. The lowest BCUT2D eigenvalue weighted by Gasteiger charge is -2.10. The SMILES string of the molecule is FC(F)(F)c1ccc(Nc2ncnc3cnc(NC4CC4)nc23)cc1. The third-order valence-corrected chi connectivity index (χ3v) is 3.76. The van der Waals surface area contributed by atoms with Gasteiger partial charge in [-0.1, -0.05) is 0 Å². The van der Waals surface area contributed by atoms with Crippen molar-refractivity contribution in [2.45, 2.75) is 25.1 Å². The zero-order chi connectivity index (χ0) is 17.4. The Bertz CT molecular complexity index is 906. The van der Waals surface area contributed by atoms with Crippen molar-refractivity contribution in [1.82, 2.24) is 19.9 Å². The lowest BCUT2D eigenvalue weighted by atomic mass is 10.2. The number of halogens is 3. The highest BCUT2D eigenvalue weighted by Crippen LogP contribution is 2.31. The van der Waals surface area contributed by atoms with Gasteiger partial charge in [0.25, 0.3) is 0 Å². The van der Waals surface area contributed by atoms with Crippen LogP contribution >= 0.6 is 0 Å². The molecule has 3 aromatic rings. The van der Waals surface area contributed by atoms with Gasteiger partial charge in [-0.05, 0) is 37.1 Å². The molecule has 0 aliphatic heterocycles. The number of fused-ring (bicyclic) bond motifs is 1. The molecule has 0 unspecified atom stereocenters. The average molecular weight is 346 g/mol. The molecule has 9 heteroatoms. The summed E-state index contributed by atoms with van der Waals surface area (Å²) >= 11 is 0. The van der Waals surface area contributed by atoms with E-state index in [2.05, 4.69) is 30.6 Å². The Balaban J connectivity index is 1.63. The van der Waals surface area contributed by atoms with Gasteiger partial charge in [-0.15, -0.1) is 0 Å². The summed E-state index contributed by atoms with van der Waals surface area (Å²) in [5.74, 6) is 0.895. The fraction of sp³-hybridized carbons (Fsp3) is 0.250. The van der Waals surface area contributed by atoms with Gasteiger partial charge in [-0.2, -0.15) is 13.2 Å². The van der Waals surface area contributed by atoms with Crippen molar-refractivity contribution in [3.05, 3.63) is 42.4 Å². The fourth-order valence-corrected chi connectivity index (χ4v) is 2.30. The normalized spacial score (nSPS) is 14.5. The van der Waals surface area contributed by atoms with Crippen LogP contribution in [0.3, 0.4) is 0 Å². The number of aromatic nitrogens is 4. The van der Waals surface area contributed by atoms with Crippen molar-refractivity contribution in [3.63, 3.8) is 0 Å². The number of hydrogen-bond acceptors (Lipinski definition) is 6. The lowest BCUT2D eigenvalue weighted by molar-refractivity contribution is -0.137. The van der Waals surface area contributed by atoms with Crippen LogP contribution in [0.4, 0.5) is 30.6 Å². The first-order valence-electron chi connectivity index (χ1n) is 7.67. The zero-order valence-electron chi connectivity index (χ0n) is 12.9. The molecule has 0 amide bonds. The molecule has 1 fully saturated rings. The molecule has 1 aliphatic carbocycles. The quantitative estimate of drug-likeness (QED) is 0.749. The van der Waals surface area contributed by atoms with Crippen molar-refractivity contribution in [1.29, 1.82) is 0 Å². The van der Waals surface area contributed by atoms with E-state index in [4.69, 9.17) is 0 Å². The number of alkyl halides is 3. The second-order valence-corrected chi connectivity index (χ2v) is 5.77. The average Bonchev–Trinajstić information content (AvgIpc) is 3.39. The Morgan fingerprint density at radius 1 is 1.00 bits per heavy atom. The maximum absolute atomic E-state index is 12.6. The van der Waals surface area contributed by atoms with E-state index in [1.165, 1.54) is 18.5 Å². The van der Waals surface area contributed by atoms with Crippen molar-refractivity contribution in [2.24, 2.45) is 0 Å². The van der Waals surface area contributed by atoms with Crippen LogP contribution in [0.5, 0.6) is 0 Å². The van der Waals surface area contributed by atoms with E-state index < -0.39 is 11.7 Å². The molecule has 0 radical (unpaired) electrons. The summed E-state index contributed by atoms with van der Waals surface area (Å²) in [4.78, 5) is 16.9. The summed E-state index contributed by atoms with van der Waals surface area (Å²) in [5.41, 5.74) is 0.818. The smallest absolute Gasteiger partial charge is 0.351 e.